The molecular formula is C14H15FN2O2S. The summed E-state index contributed by atoms with van der Waals surface area (Å²) in [6, 6.07) is 4.77. The molecule has 0 fully saturated rings. The van der Waals surface area contributed by atoms with Gasteiger partial charge in [0.25, 0.3) is 0 Å². The lowest BCUT2D eigenvalue weighted by Gasteiger charge is -2.06. The molecule has 0 saturated heterocycles. The summed E-state index contributed by atoms with van der Waals surface area (Å²) in [5, 5.41) is 3.81. The average Bonchev–Trinajstić information content (AvgIpc) is 2.89. The van der Waals surface area contributed by atoms with E-state index in [-0.39, 0.29) is 11.8 Å². The molecule has 106 valence electrons. The Morgan fingerprint density at radius 1 is 1.50 bits per heavy atom. The Bertz CT molecular complexity index is 613. The second-order valence-corrected chi connectivity index (χ2v) is 5.30. The Morgan fingerprint density at radius 2 is 2.30 bits per heavy atom. The summed E-state index contributed by atoms with van der Waals surface area (Å²) in [7, 11) is 1.34. The number of carbonyl (C=O) groups excluding carboxylic acids is 1. The summed E-state index contributed by atoms with van der Waals surface area (Å²) in [4.78, 5) is 15.8. The molecule has 0 spiro atoms. The summed E-state index contributed by atoms with van der Waals surface area (Å²) in [5.41, 5.74) is 2.02. The fraction of sp³-hybridized carbons (Fsp3) is 0.286. The summed E-state index contributed by atoms with van der Waals surface area (Å²) in [6.45, 7) is 2.55. The van der Waals surface area contributed by atoms with E-state index in [1.54, 1.807) is 6.07 Å². The molecule has 0 aliphatic heterocycles. The van der Waals surface area contributed by atoms with E-state index in [1.165, 1.54) is 36.8 Å². The Morgan fingerprint density at radius 3 is 3.00 bits per heavy atom. The zero-order chi connectivity index (χ0) is 14.5. The lowest BCUT2D eigenvalue weighted by molar-refractivity contribution is 0.0606. The van der Waals surface area contributed by atoms with Crippen molar-refractivity contribution < 1.29 is 13.9 Å². The quantitative estimate of drug-likeness (QED) is 0.861. The van der Waals surface area contributed by atoms with Crippen molar-refractivity contribution in [2.75, 3.05) is 19.0 Å². The number of rotatable bonds is 5. The fourth-order valence-corrected chi connectivity index (χ4v) is 2.55. The van der Waals surface area contributed by atoms with Crippen LogP contribution in [0.5, 0.6) is 0 Å². The molecule has 0 unspecified atom stereocenters. The highest BCUT2D eigenvalue weighted by atomic mass is 32.1. The van der Waals surface area contributed by atoms with Crippen molar-refractivity contribution in [2.24, 2.45) is 0 Å². The zero-order valence-electron chi connectivity index (χ0n) is 11.3. The normalized spacial score (nSPS) is 10.3. The summed E-state index contributed by atoms with van der Waals surface area (Å²) in [5.74, 6) is -0.605. The van der Waals surface area contributed by atoms with Gasteiger partial charge in [-0.2, -0.15) is 0 Å². The minimum Gasteiger partial charge on any atom is -0.465 e. The molecule has 0 aliphatic rings. The fourth-order valence-electron chi connectivity index (χ4n) is 1.79. The molecule has 1 N–H and O–H groups in total. The van der Waals surface area contributed by atoms with Crippen LogP contribution >= 0.6 is 11.3 Å². The van der Waals surface area contributed by atoms with Crippen LogP contribution in [0.25, 0.3) is 0 Å². The molecule has 1 aromatic carbocycles. The monoisotopic (exact) mass is 294 g/mol. The number of thiazole rings is 1. The molecule has 4 nitrogen and oxygen atoms in total. The van der Waals surface area contributed by atoms with Gasteiger partial charge in [0.15, 0.2) is 5.13 Å². The first kappa shape index (κ1) is 14.5. The summed E-state index contributed by atoms with van der Waals surface area (Å²) < 4.78 is 17.6. The van der Waals surface area contributed by atoms with Gasteiger partial charge in [0.2, 0.25) is 0 Å². The number of ether oxygens (including phenoxy) is 1. The van der Waals surface area contributed by atoms with Gasteiger partial charge >= 0.3 is 5.97 Å². The van der Waals surface area contributed by atoms with Crippen LogP contribution in [0.3, 0.4) is 0 Å². The number of anilines is 1. The van der Waals surface area contributed by atoms with E-state index >= 15 is 0 Å². The molecular weight excluding hydrogens is 279 g/mol. The first-order chi connectivity index (χ1) is 9.60. The number of methoxy groups -OCH3 is 1. The Hall–Kier alpha value is -1.95. The second kappa shape index (κ2) is 6.47. The number of nitrogens with zero attached hydrogens (tertiary/aromatic N) is 1. The molecule has 2 aromatic rings. The first-order valence-electron chi connectivity index (χ1n) is 6.13. The smallest absolute Gasteiger partial charge is 0.349 e. The molecule has 0 saturated carbocycles. The van der Waals surface area contributed by atoms with E-state index in [0.717, 1.165) is 17.5 Å². The lowest BCUT2D eigenvalue weighted by atomic mass is 10.1. The maximum atomic E-state index is 13.0. The molecule has 2 rings (SSSR count). The zero-order valence-corrected chi connectivity index (χ0v) is 12.1. The van der Waals surface area contributed by atoms with Crippen LogP contribution in [0.1, 0.15) is 20.8 Å². The Balaban J connectivity index is 1.89. The van der Waals surface area contributed by atoms with Crippen molar-refractivity contribution in [2.45, 2.75) is 13.3 Å². The predicted molar refractivity (Wildman–Crippen MR) is 76.8 cm³/mol. The first-order valence-corrected chi connectivity index (χ1v) is 6.95. The van der Waals surface area contributed by atoms with Crippen LogP contribution in [0.2, 0.25) is 0 Å². The van der Waals surface area contributed by atoms with Crippen molar-refractivity contribution >= 4 is 22.4 Å². The van der Waals surface area contributed by atoms with Crippen molar-refractivity contribution in [3.63, 3.8) is 0 Å². The number of carbonyl (C=O) groups is 1. The third-order valence-corrected chi connectivity index (χ3v) is 3.80. The van der Waals surface area contributed by atoms with Gasteiger partial charge in [-0.3, -0.25) is 0 Å². The van der Waals surface area contributed by atoms with Gasteiger partial charge in [0.05, 0.1) is 13.3 Å². The van der Waals surface area contributed by atoms with Crippen LogP contribution < -0.4 is 5.32 Å². The third kappa shape index (κ3) is 3.54. The number of aromatic nitrogens is 1. The topological polar surface area (TPSA) is 51.2 Å². The Kier molecular flexibility index (Phi) is 4.68. The predicted octanol–water partition coefficient (Wildman–Crippen LogP) is 3.03. The number of hydrogen-bond acceptors (Lipinski definition) is 5. The van der Waals surface area contributed by atoms with Crippen LogP contribution in [0.4, 0.5) is 9.52 Å². The summed E-state index contributed by atoms with van der Waals surface area (Å²) >= 11 is 1.25. The van der Waals surface area contributed by atoms with Gasteiger partial charge < -0.3 is 10.1 Å². The van der Waals surface area contributed by atoms with E-state index in [0.29, 0.717) is 16.6 Å². The van der Waals surface area contributed by atoms with Gasteiger partial charge in [0.1, 0.15) is 10.7 Å². The van der Waals surface area contributed by atoms with E-state index in [1.807, 2.05) is 6.92 Å². The standard InChI is InChI=1S/C14H15FN2O2S/c1-9-7-11(15)4-3-10(9)5-6-16-14-17-8-12(20-14)13(18)19-2/h3-4,7-8H,5-6H2,1-2H3,(H,16,17). The average molecular weight is 294 g/mol. The van der Waals surface area contributed by atoms with Gasteiger partial charge in [-0.25, -0.2) is 14.2 Å². The molecule has 0 atom stereocenters. The van der Waals surface area contributed by atoms with Gasteiger partial charge in [-0.1, -0.05) is 17.4 Å². The number of benzene rings is 1. The van der Waals surface area contributed by atoms with Gasteiger partial charge in [-0.05, 0) is 36.6 Å². The maximum Gasteiger partial charge on any atom is 0.349 e. The van der Waals surface area contributed by atoms with Crippen molar-refractivity contribution in [3.8, 4) is 0 Å². The highest BCUT2D eigenvalue weighted by Gasteiger charge is 2.10. The minimum atomic E-state index is -0.384. The molecule has 1 heterocycles. The minimum absolute atomic E-state index is 0.221. The van der Waals surface area contributed by atoms with E-state index in [2.05, 4.69) is 15.0 Å². The highest BCUT2D eigenvalue weighted by molar-refractivity contribution is 7.17. The lowest BCUT2D eigenvalue weighted by Crippen LogP contribution is -2.05. The molecule has 0 bridgehead atoms. The largest absolute Gasteiger partial charge is 0.465 e. The highest BCUT2D eigenvalue weighted by Crippen LogP contribution is 2.19. The number of esters is 1. The maximum absolute atomic E-state index is 13.0. The van der Waals surface area contributed by atoms with Crippen LogP contribution in [0.15, 0.2) is 24.4 Å². The van der Waals surface area contributed by atoms with Crippen LogP contribution in [0, 0.1) is 12.7 Å². The summed E-state index contributed by atoms with van der Waals surface area (Å²) in [6.07, 6.45) is 2.25. The van der Waals surface area contributed by atoms with Gasteiger partial charge in [0, 0.05) is 6.54 Å². The van der Waals surface area contributed by atoms with E-state index < -0.39 is 0 Å². The van der Waals surface area contributed by atoms with Crippen molar-refractivity contribution in [1.29, 1.82) is 0 Å². The molecule has 0 aliphatic carbocycles. The molecule has 20 heavy (non-hydrogen) atoms. The van der Waals surface area contributed by atoms with Crippen molar-refractivity contribution in [3.05, 3.63) is 46.2 Å². The molecule has 1 aromatic heterocycles. The molecule has 0 radical (unpaired) electrons. The van der Waals surface area contributed by atoms with Crippen LogP contribution in [-0.4, -0.2) is 24.6 Å². The number of hydrogen-bond donors (Lipinski definition) is 1. The molecule has 6 heteroatoms. The Labute approximate surface area is 120 Å². The number of halogens is 1. The number of nitrogens with one attached hydrogen (secondary N) is 1. The van der Waals surface area contributed by atoms with E-state index in [9.17, 15) is 9.18 Å². The van der Waals surface area contributed by atoms with Crippen molar-refractivity contribution in [1.82, 2.24) is 4.98 Å². The van der Waals surface area contributed by atoms with Gasteiger partial charge in [-0.15, -0.1) is 0 Å². The van der Waals surface area contributed by atoms with E-state index in [4.69, 9.17) is 0 Å². The number of aryl methyl sites for hydroxylation is 1. The SMILES string of the molecule is COC(=O)c1cnc(NCCc2ccc(F)cc2C)s1. The van der Waals surface area contributed by atoms with Crippen LogP contribution in [-0.2, 0) is 11.2 Å². The second-order valence-electron chi connectivity index (χ2n) is 4.27. The molecule has 0 amide bonds. The third-order valence-electron chi connectivity index (χ3n) is 2.87.